The zero-order chi connectivity index (χ0) is 17.9. The Labute approximate surface area is 145 Å². The summed E-state index contributed by atoms with van der Waals surface area (Å²) in [6.45, 7) is 11.4. The predicted molar refractivity (Wildman–Crippen MR) is 99.3 cm³/mol. The summed E-state index contributed by atoms with van der Waals surface area (Å²) in [5.41, 5.74) is 1.49. The Morgan fingerprint density at radius 2 is 2.00 bits per heavy atom. The molecule has 0 fully saturated rings. The molecule has 0 aliphatic carbocycles. The van der Waals surface area contributed by atoms with E-state index >= 15 is 0 Å². The highest BCUT2D eigenvalue weighted by atomic mass is 19.1. The number of anilines is 1. The van der Waals surface area contributed by atoms with Gasteiger partial charge >= 0.3 is 0 Å². The lowest BCUT2D eigenvalue weighted by molar-refractivity contribution is 0.179. The van der Waals surface area contributed by atoms with Crippen LogP contribution in [0.5, 0.6) is 0 Å². The van der Waals surface area contributed by atoms with Crippen LogP contribution in [0.4, 0.5) is 10.1 Å². The van der Waals surface area contributed by atoms with Gasteiger partial charge < -0.3 is 20.3 Å². The van der Waals surface area contributed by atoms with Crippen molar-refractivity contribution in [1.29, 1.82) is 0 Å². The van der Waals surface area contributed by atoms with Gasteiger partial charge in [0.2, 0.25) is 0 Å². The second kappa shape index (κ2) is 10.9. The number of nitrogens with zero attached hydrogens (tertiary/aromatic N) is 2. The lowest BCUT2D eigenvalue weighted by Gasteiger charge is -2.21. The fraction of sp³-hybridized carbons (Fsp3) is 0.611. The summed E-state index contributed by atoms with van der Waals surface area (Å²) in [6.07, 6.45) is 0. The van der Waals surface area contributed by atoms with E-state index in [9.17, 15) is 4.39 Å². The van der Waals surface area contributed by atoms with E-state index in [4.69, 9.17) is 4.74 Å². The van der Waals surface area contributed by atoms with Gasteiger partial charge in [-0.15, -0.1) is 0 Å². The molecule has 24 heavy (non-hydrogen) atoms. The second-order valence-electron chi connectivity index (χ2n) is 5.65. The lowest BCUT2D eigenvalue weighted by atomic mass is 10.2. The Morgan fingerprint density at radius 1 is 1.29 bits per heavy atom. The van der Waals surface area contributed by atoms with E-state index in [1.54, 1.807) is 13.2 Å². The standard InChI is InChI=1S/C18H31FN4O/c1-6-20-18(22-14(4)13-24-5)21-12-15-9-10-17(16(19)11-15)23(7-2)8-3/h9-11,14H,6-8,12-13H2,1-5H3,(H2,20,21,22). The van der Waals surface area contributed by atoms with Crippen LogP contribution in [0.3, 0.4) is 0 Å². The molecule has 0 aliphatic heterocycles. The summed E-state index contributed by atoms with van der Waals surface area (Å²) >= 11 is 0. The quantitative estimate of drug-likeness (QED) is 0.537. The van der Waals surface area contributed by atoms with Crippen molar-refractivity contribution in [2.45, 2.75) is 40.3 Å². The van der Waals surface area contributed by atoms with Crippen LogP contribution >= 0.6 is 0 Å². The summed E-state index contributed by atoms with van der Waals surface area (Å²) in [5.74, 6) is 0.507. The Morgan fingerprint density at radius 3 is 2.54 bits per heavy atom. The maximum absolute atomic E-state index is 14.3. The number of halogens is 1. The van der Waals surface area contributed by atoms with E-state index in [0.29, 0.717) is 24.8 Å². The zero-order valence-corrected chi connectivity index (χ0v) is 15.5. The van der Waals surface area contributed by atoms with Crippen LogP contribution in [0.1, 0.15) is 33.3 Å². The van der Waals surface area contributed by atoms with Crippen LogP contribution in [-0.2, 0) is 11.3 Å². The first-order valence-corrected chi connectivity index (χ1v) is 8.62. The topological polar surface area (TPSA) is 48.9 Å². The van der Waals surface area contributed by atoms with Gasteiger partial charge in [-0.1, -0.05) is 6.07 Å². The minimum atomic E-state index is -0.197. The van der Waals surface area contributed by atoms with E-state index in [2.05, 4.69) is 15.6 Å². The third kappa shape index (κ3) is 6.35. The third-order valence-corrected chi connectivity index (χ3v) is 3.68. The first-order valence-electron chi connectivity index (χ1n) is 8.62. The summed E-state index contributed by atoms with van der Waals surface area (Å²) in [7, 11) is 1.67. The molecular formula is C18H31FN4O. The number of ether oxygens (including phenoxy) is 1. The van der Waals surface area contributed by atoms with Crippen LogP contribution in [-0.4, -0.2) is 45.4 Å². The van der Waals surface area contributed by atoms with Crippen molar-refractivity contribution in [3.8, 4) is 0 Å². The van der Waals surface area contributed by atoms with Crippen LogP contribution < -0.4 is 15.5 Å². The molecule has 0 aromatic heterocycles. The van der Waals surface area contributed by atoms with Crippen LogP contribution in [0.25, 0.3) is 0 Å². The van der Waals surface area contributed by atoms with Crippen LogP contribution in [0.15, 0.2) is 23.2 Å². The highest BCUT2D eigenvalue weighted by Gasteiger charge is 2.09. The number of guanidine groups is 1. The summed E-state index contributed by atoms with van der Waals surface area (Å²) < 4.78 is 19.4. The lowest BCUT2D eigenvalue weighted by Crippen LogP contribution is -2.43. The number of aliphatic imine (C=N–C) groups is 1. The van der Waals surface area contributed by atoms with Crippen LogP contribution in [0, 0.1) is 5.82 Å². The van der Waals surface area contributed by atoms with Gasteiger partial charge in [0, 0.05) is 32.8 Å². The molecule has 1 aromatic rings. The van der Waals surface area contributed by atoms with Gasteiger partial charge in [-0.25, -0.2) is 9.38 Å². The van der Waals surface area contributed by atoms with Gasteiger partial charge in [0.15, 0.2) is 5.96 Å². The molecule has 0 radical (unpaired) electrons. The number of hydrogen-bond acceptors (Lipinski definition) is 3. The molecule has 0 amide bonds. The molecule has 136 valence electrons. The van der Waals surface area contributed by atoms with E-state index in [1.165, 1.54) is 0 Å². The van der Waals surface area contributed by atoms with Gasteiger partial charge in [-0.2, -0.15) is 0 Å². The molecule has 1 atom stereocenters. The Bertz CT molecular complexity index is 518. The van der Waals surface area contributed by atoms with Crippen LogP contribution in [0.2, 0.25) is 0 Å². The summed E-state index contributed by atoms with van der Waals surface area (Å²) in [6, 6.07) is 5.48. The molecule has 0 saturated heterocycles. The normalized spacial score (nSPS) is 12.8. The summed E-state index contributed by atoms with van der Waals surface area (Å²) in [4.78, 5) is 6.52. The van der Waals surface area contributed by atoms with Gasteiger partial charge in [0.05, 0.1) is 18.8 Å². The first-order chi connectivity index (χ1) is 11.5. The van der Waals surface area contributed by atoms with E-state index in [0.717, 1.165) is 25.2 Å². The largest absolute Gasteiger partial charge is 0.383 e. The Kier molecular flexibility index (Phi) is 9.15. The molecule has 0 spiro atoms. The maximum Gasteiger partial charge on any atom is 0.191 e. The van der Waals surface area contributed by atoms with Crippen molar-refractivity contribution in [2.75, 3.05) is 38.3 Å². The number of methoxy groups -OCH3 is 1. The van der Waals surface area contributed by atoms with E-state index in [1.807, 2.05) is 44.7 Å². The van der Waals surface area contributed by atoms with Crippen molar-refractivity contribution in [3.63, 3.8) is 0 Å². The van der Waals surface area contributed by atoms with E-state index in [-0.39, 0.29) is 11.9 Å². The Hall–Kier alpha value is -1.82. The SMILES string of the molecule is CCNC(=NCc1ccc(N(CC)CC)c(F)c1)NC(C)COC. The smallest absolute Gasteiger partial charge is 0.191 e. The average Bonchev–Trinajstić information content (AvgIpc) is 2.56. The van der Waals surface area contributed by atoms with Crippen molar-refractivity contribution >= 4 is 11.6 Å². The highest BCUT2D eigenvalue weighted by molar-refractivity contribution is 5.80. The fourth-order valence-electron chi connectivity index (χ4n) is 2.48. The fourth-order valence-corrected chi connectivity index (χ4v) is 2.48. The van der Waals surface area contributed by atoms with E-state index < -0.39 is 0 Å². The first kappa shape index (κ1) is 20.2. The zero-order valence-electron chi connectivity index (χ0n) is 15.5. The van der Waals surface area contributed by atoms with Gasteiger partial charge in [-0.3, -0.25) is 0 Å². The predicted octanol–water partition coefficient (Wildman–Crippen LogP) is 2.76. The monoisotopic (exact) mass is 338 g/mol. The second-order valence-corrected chi connectivity index (χ2v) is 5.65. The third-order valence-electron chi connectivity index (χ3n) is 3.68. The molecule has 6 heteroatoms. The molecular weight excluding hydrogens is 307 g/mol. The van der Waals surface area contributed by atoms with Gasteiger partial charge in [0.25, 0.3) is 0 Å². The molecule has 0 aliphatic rings. The molecule has 0 bridgehead atoms. The van der Waals surface area contributed by atoms with Gasteiger partial charge in [0.1, 0.15) is 5.82 Å². The molecule has 1 unspecified atom stereocenters. The maximum atomic E-state index is 14.3. The number of hydrogen-bond donors (Lipinski definition) is 2. The molecule has 0 saturated carbocycles. The number of nitrogens with one attached hydrogen (secondary N) is 2. The van der Waals surface area contributed by atoms with Crippen molar-refractivity contribution < 1.29 is 9.13 Å². The average molecular weight is 338 g/mol. The molecule has 5 nitrogen and oxygen atoms in total. The van der Waals surface area contributed by atoms with Crippen molar-refractivity contribution in [1.82, 2.24) is 10.6 Å². The molecule has 1 aromatic carbocycles. The highest BCUT2D eigenvalue weighted by Crippen LogP contribution is 2.20. The minimum Gasteiger partial charge on any atom is -0.383 e. The number of rotatable bonds is 9. The summed E-state index contributed by atoms with van der Waals surface area (Å²) in [5, 5.41) is 6.45. The molecule has 0 heterocycles. The molecule has 1 rings (SSSR count). The van der Waals surface area contributed by atoms with Crippen molar-refractivity contribution in [3.05, 3.63) is 29.6 Å². The Balaban J connectivity index is 2.80. The minimum absolute atomic E-state index is 0.148. The van der Waals surface area contributed by atoms with Gasteiger partial charge in [-0.05, 0) is 45.4 Å². The molecule has 2 N–H and O–H groups in total. The van der Waals surface area contributed by atoms with Crippen molar-refractivity contribution in [2.24, 2.45) is 4.99 Å². The number of benzene rings is 1.